The van der Waals surface area contributed by atoms with Crippen molar-refractivity contribution in [1.29, 1.82) is 5.26 Å². The Hall–Kier alpha value is -2.42. The highest BCUT2D eigenvalue weighted by atomic mass is 16.5. The highest BCUT2D eigenvalue weighted by molar-refractivity contribution is 6.04. The monoisotopic (exact) mass is 552 g/mol. The molecule has 1 N–H and O–H groups in total. The number of ether oxygens (including phenoxy) is 1. The maximum atomic E-state index is 13.2. The van der Waals surface area contributed by atoms with E-state index in [0.29, 0.717) is 0 Å². The number of rotatable bonds is 6. The molecule has 6 heteroatoms. The Bertz CT molecular complexity index is 1170. The number of carbonyl (C=O) groups excluding carboxylic acids is 3. The molecule has 0 aromatic heterocycles. The molecule has 0 spiro atoms. The van der Waals surface area contributed by atoms with E-state index < -0.39 is 10.8 Å². The average Bonchev–Trinajstić information content (AvgIpc) is 2.84. The molecule has 222 valence electrons. The molecule has 0 aromatic carbocycles. The third kappa shape index (κ3) is 5.30. The molecular formula is C34H52N2O4. The summed E-state index contributed by atoms with van der Waals surface area (Å²) in [6, 6.07) is 2.16. The Morgan fingerprint density at radius 2 is 1.77 bits per heavy atom. The van der Waals surface area contributed by atoms with Crippen LogP contribution in [0.3, 0.4) is 0 Å². The Kier molecular flexibility index (Phi) is 8.38. The summed E-state index contributed by atoms with van der Waals surface area (Å²) >= 11 is 0. The Morgan fingerprint density at radius 3 is 2.30 bits per heavy atom. The molecule has 0 aliphatic heterocycles. The zero-order valence-electron chi connectivity index (χ0n) is 26.8. The Morgan fingerprint density at radius 1 is 1.15 bits per heavy atom. The predicted octanol–water partition coefficient (Wildman–Crippen LogP) is 7.73. The fraction of sp³-hybridized carbons (Fsp3) is 0.765. The van der Waals surface area contributed by atoms with Crippen molar-refractivity contribution >= 4 is 17.7 Å². The van der Waals surface area contributed by atoms with Crippen molar-refractivity contribution in [3.8, 4) is 6.07 Å². The second kappa shape index (κ2) is 10.4. The quantitative estimate of drug-likeness (QED) is 0.340. The Balaban J connectivity index is 2.07. The molecule has 0 heterocycles. The van der Waals surface area contributed by atoms with Gasteiger partial charge in [-0.15, -0.1) is 0 Å². The van der Waals surface area contributed by atoms with Crippen LogP contribution >= 0.6 is 0 Å². The van der Waals surface area contributed by atoms with E-state index in [9.17, 15) is 19.6 Å². The molecule has 6 nitrogen and oxygen atoms in total. The van der Waals surface area contributed by atoms with Crippen LogP contribution in [0.5, 0.6) is 0 Å². The number of nitriles is 1. The van der Waals surface area contributed by atoms with Gasteiger partial charge in [0.05, 0.1) is 12.7 Å². The molecule has 1 amide bonds. The van der Waals surface area contributed by atoms with Gasteiger partial charge in [0.2, 0.25) is 0 Å². The number of carbonyl (C=O) groups is 3. The molecular weight excluding hydrogens is 500 g/mol. The van der Waals surface area contributed by atoms with Crippen molar-refractivity contribution < 1.29 is 19.1 Å². The normalized spacial score (nSPS) is 36.2. The van der Waals surface area contributed by atoms with E-state index in [1.54, 1.807) is 13.0 Å². The van der Waals surface area contributed by atoms with Gasteiger partial charge in [-0.05, 0) is 86.0 Å². The smallest absolute Gasteiger partial charge is 0.407 e. The summed E-state index contributed by atoms with van der Waals surface area (Å²) in [5.41, 5.74) is -0.822. The maximum Gasteiger partial charge on any atom is 0.407 e. The van der Waals surface area contributed by atoms with E-state index in [1.807, 2.05) is 19.9 Å². The van der Waals surface area contributed by atoms with Crippen molar-refractivity contribution in [3.05, 3.63) is 23.3 Å². The largest absolute Gasteiger partial charge is 0.453 e. The van der Waals surface area contributed by atoms with Crippen molar-refractivity contribution in [1.82, 2.24) is 5.32 Å². The lowest BCUT2D eigenvalue weighted by atomic mass is 9.42. The van der Waals surface area contributed by atoms with Crippen molar-refractivity contribution in [3.63, 3.8) is 0 Å². The van der Waals surface area contributed by atoms with E-state index >= 15 is 0 Å². The maximum absolute atomic E-state index is 13.2. The highest BCUT2D eigenvalue weighted by Crippen LogP contribution is 2.67. The first-order chi connectivity index (χ1) is 18.2. The lowest BCUT2D eigenvalue weighted by molar-refractivity contribution is -0.131. The standard InChI is InChI=1S/C34H52N2O4/c1-22-19-29(3,4)14-16-34(22,36-28(39)40-11)17-15-30(5,6)33(10)13-12-25-31(7,8)27(38)24(21-35)20-32(25,9)26(33)18-23(2)37/h18,20,22,25H,12-17,19H2,1-11H3,(H,36,39)/b26-18-/t22?,25-,32-,33+,34-/m0/s1. The van der Waals surface area contributed by atoms with Gasteiger partial charge >= 0.3 is 6.09 Å². The van der Waals surface area contributed by atoms with Gasteiger partial charge in [0.25, 0.3) is 0 Å². The molecule has 0 aromatic rings. The van der Waals surface area contributed by atoms with E-state index in [1.165, 1.54) is 7.11 Å². The molecule has 2 fully saturated rings. The van der Waals surface area contributed by atoms with E-state index in [-0.39, 0.29) is 56.9 Å². The minimum absolute atomic E-state index is 0.00740. The number of nitrogens with zero attached hydrogens (tertiary/aromatic N) is 1. The first-order valence-electron chi connectivity index (χ1n) is 15.0. The van der Waals surface area contributed by atoms with Crippen LogP contribution in [0.2, 0.25) is 0 Å². The van der Waals surface area contributed by atoms with Gasteiger partial charge in [0.15, 0.2) is 11.6 Å². The molecule has 0 bridgehead atoms. The second-order valence-electron chi connectivity index (χ2n) is 15.5. The molecule has 0 saturated heterocycles. The number of Topliss-reactive ketones (excluding diaryl/α,β-unsaturated/α-hetero) is 1. The van der Waals surface area contributed by atoms with Crippen molar-refractivity contribution in [2.45, 2.75) is 120 Å². The van der Waals surface area contributed by atoms with Gasteiger partial charge in [0, 0.05) is 16.4 Å². The first-order valence-corrected chi connectivity index (χ1v) is 15.0. The summed E-state index contributed by atoms with van der Waals surface area (Å²) in [5.74, 6) is 0.151. The third-order valence-corrected chi connectivity index (χ3v) is 11.7. The number of hydrogen-bond donors (Lipinski definition) is 1. The number of ketones is 2. The molecule has 3 rings (SSSR count). The van der Waals surface area contributed by atoms with Gasteiger partial charge < -0.3 is 10.1 Å². The SMILES string of the molecule is COC(=O)N[C@]1(CCC(C)(C)[C@]2(C)CC[C@H]3C(C)(C)C(=O)C(C#N)=C[C@]3(C)/C2=C/C(C)=O)CCC(C)(C)CC1C. The number of fused-ring (bicyclic) bond motifs is 1. The fourth-order valence-corrected chi connectivity index (χ4v) is 8.73. The Labute approximate surface area is 242 Å². The molecule has 40 heavy (non-hydrogen) atoms. The molecule has 3 aliphatic rings. The number of nitrogens with one attached hydrogen (secondary N) is 1. The summed E-state index contributed by atoms with van der Waals surface area (Å²) in [6.45, 7) is 21.3. The van der Waals surface area contributed by atoms with Gasteiger partial charge in [-0.2, -0.15) is 5.26 Å². The van der Waals surface area contributed by atoms with Gasteiger partial charge in [-0.25, -0.2) is 4.79 Å². The number of alkyl carbamates (subject to hydrolysis) is 1. The van der Waals surface area contributed by atoms with Crippen LogP contribution < -0.4 is 5.32 Å². The second-order valence-corrected chi connectivity index (χ2v) is 15.5. The van der Waals surface area contributed by atoms with Gasteiger partial charge in [0.1, 0.15) is 6.07 Å². The summed E-state index contributed by atoms with van der Waals surface area (Å²) in [7, 11) is 1.42. The van der Waals surface area contributed by atoms with Crippen LogP contribution in [0.1, 0.15) is 114 Å². The zero-order valence-corrected chi connectivity index (χ0v) is 26.8. The minimum Gasteiger partial charge on any atom is -0.453 e. The minimum atomic E-state index is -0.700. The molecule has 5 atom stereocenters. The van der Waals surface area contributed by atoms with Crippen LogP contribution in [-0.2, 0) is 14.3 Å². The summed E-state index contributed by atoms with van der Waals surface area (Å²) in [6.07, 6.45) is 9.52. The van der Waals surface area contributed by atoms with Crippen molar-refractivity contribution in [2.24, 2.45) is 38.9 Å². The summed E-state index contributed by atoms with van der Waals surface area (Å²) < 4.78 is 5.07. The van der Waals surface area contributed by atoms with E-state index in [4.69, 9.17) is 4.74 Å². The molecule has 3 aliphatic carbocycles. The third-order valence-electron chi connectivity index (χ3n) is 11.7. The first kappa shape index (κ1) is 32.1. The highest BCUT2D eigenvalue weighted by Gasteiger charge is 2.61. The lowest BCUT2D eigenvalue weighted by Gasteiger charge is -2.61. The zero-order chi connectivity index (χ0) is 30.5. The van der Waals surface area contributed by atoms with Crippen LogP contribution in [0.25, 0.3) is 0 Å². The summed E-state index contributed by atoms with van der Waals surface area (Å²) in [5, 5.41) is 13.2. The van der Waals surface area contributed by atoms with Crippen LogP contribution in [-0.4, -0.2) is 30.3 Å². The molecule has 2 saturated carbocycles. The topological polar surface area (TPSA) is 96.3 Å². The number of amides is 1. The van der Waals surface area contributed by atoms with Crippen LogP contribution in [0.4, 0.5) is 4.79 Å². The number of hydrogen-bond acceptors (Lipinski definition) is 5. The molecule has 0 radical (unpaired) electrons. The van der Waals surface area contributed by atoms with Crippen LogP contribution in [0.15, 0.2) is 23.3 Å². The average molecular weight is 553 g/mol. The molecule has 1 unspecified atom stereocenters. The van der Waals surface area contributed by atoms with Crippen LogP contribution in [0, 0.1) is 50.2 Å². The van der Waals surface area contributed by atoms with E-state index in [2.05, 4.69) is 59.9 Å². The fourth-order valence-electron chi connectivity index (χ4n) is 8.73. The van der Waals surface area contributed by atoms with E-state index in [0.717, 1.165) is 50.5 Å². The summed E-state index contributed by atoms with van der Waals surface area (Å²) in [4.78, 5) is 38.5. The van der Waals surface area contributed by atoms with Gasteiger partial charge in [-0.3, -0.25) is 9.59 Å². The lowest BCUT2D eigenvalue weighted by Crippen LogP contribution is -2.58. The number of methoxy groups -OCH3 is 1. The van der Waals surface area contributed by atoms with Crippen molar-refractivity contribution in [2.75, 3.05) is 7.11 Å². The van der Waals surface area contributed by atoms with Gasteiger partial charge in [-0.1, -0.05) is 74.0 Å². The number of allylic oxidation sites excluding steroid dienone is 4. The predicted molar refractivity (Wildman–Crippen MR) is 158 cm³/mol.